The predicted octanol–water partition coefficient (Wildman–Crippen LogP) is 7.43. The van der Waals surface area contributed by atoms with Gasteiger partial charge in [0.05, 0.1) is 38.4 Å². The van der Waals surface area contributed by atoms with Gasteiger partial charge in [0, 0.05) is 26.7 Å². The molecule has 1 amide bonds. The zero-order valence-electron chi connectivity index (χ0n) is 21.5. The Morgan fingerprint density at radius 1 is 1.11 bits per heavy atom. The fraction of sp³-hybridized carbons (Fsp3) is 0.462. The van der Waals surface area contributed by atoms with Crippen molar-refractivity contribution in [3.05, 3.63) is 45.9 Å². The summed E-state index contributed by atoms with van der Waals surface area (Å²) in [5.74, 6) is -0.781. The number of carbonyl (C=O) groups is 1. The minimum Gasteiger partial charge on any atom is -0.444 e. The molecule has 0 bridgehead atoms. The van der Waals surface area contributed by atoms with E-state index in [1.54, 1.807) is 39.0 Å². The van der Waals surface area contributed by atoms with E-state index in [-0.39, 0.29) is 32.5 Å². The summed E-state index contributed by atoms with van der Waals surface area (Å²) in [7, 11) is 1.83. The zero-order chi connectivity index (χ0) is 27.8. The van der Waals surface area contributed by atoms with Crippen LogP contribution in [0.5, 0.6) is 0 Å². The largest absolute Gasteiger partial charge is 0.444 e. The molecule has 4 rings (SSSR count). The van der Waals surface area contributed by atoms with Gasteiger partial charge in [0.25, 0.3) is 0 Å². The standard InChI is InChI=1S/C26H30Cl2F3N5O2/c1-25(2,3)38-24(37)32-14-15-5-6-17(27)19(11-15)33-23-34-20-12-18(28)21(13-22(20)35(23)4)36-9-7-16(8-10-36)26(29,30)31/h5-6,11-13,16H,7-10,14H2,1-4H3,(H,32,37)(H,33,34). The van der Waals surface area contributed by atoms with Gasteiger partial charge in [0.15, 0.2) is 0 Å². The zero-order valence-corrected chi connectivity index (χ0v) is 23.1. The van der Waals surface area contributed by atoms with Crippen LogP contribution in [0.25, 0.3) is 11.0 Å². The number of alkyl halides is 3. The van der Waals surface area contributed by atoms with Crippen LogP contribution >= 0.6 is 23.2 Å². The quantitative estimate of drug-likeness (QED) is 0.333. The molecular weight excluding hydrogens is 542 g/mol. The van der Waals surface area contributed by atoms with Crippen LogP contribution in [0.2, 0.25) is 10.0 Å². The number of carbonyl (C=O) groups excluding carboxylic acids is 1. The predicted molar refractivity (Wildman–Crippen MR) is 145 cm³/mol. The van der Waals surface area contributed by atoms with Gasteiger partial charge in [-0.1, -0.05) is 29.3 Å². The van der Waals surface area contributed by atoms with Crippen LogP contribution in [0.15, 0.2) is 30.3 Å². The lowest BCUT2D eigenvalue weighted by Gasteiger charge is -2.34. The molecule has 1 fully saturated rings. The molecule has 2 N–H and O–H groups in total. The van der Waals surface area contributed by atoms with E-state index in [9.17, 15) is 18.0 Å². The second-order valence-corrected chi connectivity index (χ2v) is 11.2. The fourth-order valence-electron chi connectivity index (χ4n) is 4.39. The molecule has 3 aromatic rings. The van der Waals surface area contributed by atoms with Crippen molar-refractivity contribution in [2.75, 3.05) is 23.3 Å². The summed E-state index contributed by atoms with van der Waals surface area (Å²) < 4.78 is 46.4. The molecule has 1 saturated heterocycles. The molecule has 0 unspecified atom stereocenters. The summed E-state index contributed by atoms with van der Waals surface area (Å²) in [4.78, 5) is 18.5. The molecule has 206 valence electrons. The second-order valence-electron chi connectivity index (χ2n) is 10.4. The molecule has 0 radical (unpaired) electrons. The van der Waals surface area contributed by atoms with Crippen LogP contribution in [-0.2, 0) is 18.3 Å². The summed E-state index contributed by atoms with van der Waals surface area (Å²) in [5.41, 5.74) is 2.88. The second kappa shape index (κ2) is 10.7. The van der Waals surface area contributed by atoms with Crippen LogP contribution in [0, 0.1) is 5.92 Å². The maximum absolute atomic E-state index is 13.1. The molecule has 7 nitrogen and oxygen atoms in total. The Bertz CT molecular complexity index is 1330. The number of aryl methyl sites for hydroxylation is 1. The fourth-order valence-corrected chi connectivity index (χ4v) is 4.83. The number of hydrogen-bond acceptors (Lipinski definition) is 5. The van der Waals surface area contributed by atoms with Gasteiger partial charge < -0.3 is 24.8 Å². The Balaban J connectivity index is 1.51. The Morgan fingerprint density at radius 3 is 2.42 bits per heavy atom. The molecule has 1 aliphatic rings. The third kappa shape index (κ3) is 6.58. The molecule has 1 aromatic heterocycles. The molecule has 0 aliphatic carbocycles. The van der Waals surface area contributed by atoms with E-state index in [2.05, 4.69) is 15.6 Å². The summed E-state index contributed by atoms with van der Waals surface area (Å²) >= 11 is 13.0. The van der Waals surface area contributed by atoms with Crippen LogP contribution < -0.4 is 15.5 Å². The van der Waals surface area contributed by atoms with Gasteiger partial charge in [-0.3, -0.25) is 0 Å². The Kier molecular flexibility index (Phi) is 7.95. The van der Waals surface area contributed by atoms with E-state index < -0.39 is 23.8 Å². The molecule has 2 aromatic carbocycles. The maximum atomic E-state index is 13.1. The third-order valence-corrected chi connectivity index (χ3v) is 6.99. The van der Waals surface area contributed by atoms with Crippen molar-refractivity contribution in [1.82, 2.24) is 14.9 Å². The SMILES string of the molecule is Cn1c(Nc2cc(CNC(=O)OC(C)(C)C)ccc2Cl)nc2cc(Cl)c(N3CCC(C(F)(F)F)CC3)cc21. The van der Waals surface area contributed by atoms with E-state index in [1.807, 2.05) is 28.6 Å². The van der Waals surface area contributed by atoms with Crippen molar-refractivity contribution in [1.29, 1.82) is 0 Å². The molecule has 2 heterocycles. The van der Waals surface area contributed by atoms with E-state index in [1.165, 1.54) is 0 Å². The highest BCUT2D eigenvalue weighted by Gasteiger charge is 2.41. The highest BCUT2D eigenvalue weighted by atomic mass is 35.5. The van der Waals surface area contributed by atoms with Crippen LogP contribution in [0.1, 0.15) is 39.2 Å². The van der Waals surface area contributed by atoms with Crippen molar-refractivity contribution in [3.8, 4) is 0 Å². The number of rotatable bonds is 5. The summed E-state index contributed by atoms with van der Waals surface area (Å²) in [6.07, 6.45) is -4.62. The lowest BCUT2D eigenvalue weighted by Crippen LogP contribution is -2.39. The highest BCUT2D eigenvalue weighted by Crippen LogP contribution is 2.39. The third-order valence-electron chi connectivity index (χ3n) is 6.36. The Hall–Kier alpha value is -2.85. The normalized spacial score (nSPS) is 15.1. The number of halogens is 5. The van der Waals surface area contributed by atoms with Crippen molar-refractivity contribution in [2.45, 2.75) is 51.9 Å². The Labute approximate surface area is 229 Å². The first kappa shape index (κ1) is 28.2. The van der Waals surface area contributed by atoms with E-state index in [4.69, 9.17) is 27.9 Å². The average Bonchev–Trinajstić information content (AvgIpc) is 3.11. The minimum atomic E-state index is -4.17. The number of alkyl carbamates (subject to hydrolysis) is 1. The van der Waals surface area contributed by atoms with Crippen molar-refractivity contribution >= 4 is 57.7 Å². The molecule has 1 aliphatic heterocycles. The molecule has 0 spiro atoms. The summed E-state index contributed by atoms with van der Waals surface area (Å²) in [6, 6.07) is 8.90. The maximum Gasteiger partial charge on any atom is 0.407 e. The Morgan fingerprint density at radius 2 is 1.79 bits per heavy atom. The van der Waals surface area contributed by atoms with Gasteiger partial charge >= 0.3 is 12.3 Å². The van der Waals surface area contributed by atoms with Crippen LogP contribution in [-0.4, -0.2) is 40.5 Å². The van der Waals surface area contributed by atoms with Crippen LogP contribution in [0.4, 0.5) is 35.3 Å². The van der Waals surface area contributed by atoms with Gasteiger partial charge in [-0.2, -0.15) is 13.2 Å². The number of ether oxygens (including phenoxy) is 1. The number of piperidine rings is 1. The first-order valence-corrected chi connectivity index (χ1v) is 13.0. The van der Waals surface area contributed by atoms with Gasteiger partial charge in [0.1, 0.15) is 5.60 Å². The van der Waals surface area contributed by atoms with Crippen LogP contribution in [0.3, 0.4) is 0 Å². The number of nitrogens with one attached hydrogen (secondary N) is 2. The number of amides is 1. The molecule has 38 heavy (non-hydrogen) atoms. The van der Waals surface area contributed by atoms with Crippen molar-refractivity contribution in [3.63, 3.8) is 0 Å². The topological polar surface area (TPSA) is 71.4 Å². The number of anilines is 3. The van der Waals surface area contributed by atoms with Gasteiger partial charge in [-0.25, -0.2) is 9.78 Å². The van der Waals surface area contributed by atoms with Gasteiger partial charge in [-0.05, 0) is 63.4 Å². The highest BCUT2D eigenvalue weighted by molar-refractivity contribution is 6.34. The van der Waals surface area contributed by atoms with Gasteiger partial charge in [0.2, 0.25) is 5.95 Å². The number of aromatic nitrogens is 2. The first-order chi connectivity index (χ1) is 17.7. The first-order valence-electron chi connectivity index (χ1n) is 12.2. The van der Waals surface area contributed by atoms with Crippen molar-refractivity contribution in [2.24, 2.45) is 13.0 Å². The smallest absolute Gasteiger partial charge is 0.407 e. The van der Waals surface area contributed by atoms with E-state index in [0.29, 0.717) is 32.9 Å². The molecule has 0 atom stereocenters. The lowest BCUT2D eigenvalue weighted by atomic mass is 9.96. The number of hydrogen-bond donors (Lipinski definition) is 2. The van der Waals surface area contributed by atoms with E-state index >= 15 is 0 Å². The van der Waals surface area contributed by atoms with Gasteiger partial charge in [-0.15, -0.1) is 0 Å². The number of fused-ring (bicyclic) bond motifs is 1. The van der Waals surface area contributed by atoms with Crippen molar-refractivity contribution < 1.29 is 22.7 Å². The number of nitrogens with zero attached hydrogens (tertiary/aromatic N) is 3. The number of imidazole rings is 1. The monoisotopic (exact) mass is 571 g/mol. The molecular formula is C26H30Cl2F3N5O2. The lowest BCUT2D eigenvalue weighted by molar-refractivity contribution is -0.179. The van der Waals surface area contributed by atoms with E-state index in [0.717, 1.165) is 11.1 Å². The minimum absolute atomic E-state index is 0.0354. The summed E-state index contributed by atoms with van der Waals surface area (Å²) in [5, 5.41) is 6.84. The summed E-state index contributed by atoms with van der Waals surface area (Å²) in [6.45, 7) is 6.17. The molecule has 0 saturated carbocycles. The number of benzene rings is 2. The average molecular weight is 572 g/mol. The molecule has 12 heteroatoms.